The molecule has 0 radical (unpaired) electrons. The fourth-order valence-electron chi connectivity index (χ4n) is 8.37. The molecule has 4 aliphatic rings. The lowest BCUT2D eigenvalue weighted by atomic mass is 9.47. The molecule has 0 amide bonds. The number of allylic oxidation sites excluding steroid dienone is 1. The standard InChI is InChI=1S/C27H46O2/c1-6-25(18(2)3)29-16-13-19-8-10-23-22-9-7-20-17-21(28)11-14-27(20,5)24(22)12-15-26(19,23)4/h7,18-19,21-25,28H,6,8-17H2,1-5H3/t19-,21+,22+,23+,24+,25?,26-,27+/m1/s1. The molecule has 4 rings (SSSR count). The first-order valence-corrected chi connectivity index (χ1v) is 12.8. The Bertz CT molecular complexity index is 610. The summed E-state index contributed by atoms with van der Waals surface area (Å²) >= 11 is 0. The van der Waals surface area contributed by atoms with Gasteiger partial charge in [0.05, 0.1) is 12.2 Å². The highest BCUT2D eigenvalue weighted by Crippen LogP contribution is 2.66. The smallest absolute Gasteiger partial charge is 0.0595 e. The number of aliphatic hydroxyl groups is 1. The highest BCUT2D eigenvalue weighted by molar-refractivity contribution is 5.25. The molecule has 8 atom stereocenters. The van der Waals surface area contributed by atoms with Gasteiger partial charge in [-0.3, -0.25) is 0 Å². The van der Waals surface area contributed by atoms with Gasteiger partial charge in [-0.2, -0.15) is 0 Å². The Labute approximate surface area is 179 Å². The summed E-state index contributed by atoms with van der Waals surface area (Å²) in [5.74, 6) is 4.11. The lowest BCUT2D eigenvalue weighted by Crippen LogP contribution is -2.50. The van der Waals surface area contributed by atoms with Crippen LogP contribution in [0.5, 0.6) is 0 Å². The van der Waals surface area contributed by atoms with Gasteiger partial charge < -0.3 is 9.84 Å². The lowest BCUT2D eigenvalue weighted by molar-refractivity contribution is -0.0574. The molecule has 0 aliphatic heterocycles. The maximum atomic E-state index is 10.2. The number of fused-ring (bicyclic) bond motifs is 5. The van der Waals surface area contributed by atoms with Crippen LogP contribution < -0.4 is 0 Å². The SMILES string of the molecule is CCC(OCC[C@H]1CC[C@H]2[C@@H]3CC=C4C[C@@H](O)CC[C@]4(C)[C@H]3CC[C@]12C)C(C)C. The summed E-state index contributed by atoms with van der Waals surface area (Å²) in [7, 11) is 0. The molecule has 0 saturated heterocycles. The molecule has 1 N–H and O–H groups in total. The Morgan fingerprint density at radius 2 is 1.90 bits per heavy atom. The van der Waals surface area contributed by atoms with Crippen LogP contribution >= 0.6 is 0 Å². The van der Waals surface area contributed by atoms with Crippen LogP contribution in [0, 0.1) is 40.4 Å². The quantitative estimate of drug-likeness (QED) is 0.497. The average molecular weight is 403 g/mol. The molecule has 2 heteroatoms. The second kappa shape index (κ2) is 8.30. The van der Waals surface area contributed by atoms with Crippen LogP contribution in [-0.2, 0) is 4.74 Å². The zero-order valence-corrected chi connectivity index (χ0v) is 19.8. The van der Waals surface area contributed by atoms with Crippen molar-refractivity contribution in [2.75, 3.05) is 6.61 Å². The van der Waals surface area contributed by atoms with E-state index in [9.17, 15) is 5.11 Å². The summed E-state index contributed by atoms with van der Waals surface area (Å²) in [6.07, 6.45) is 15.4. The van der Waals surface area contributed by atoms with E-state index >= 15 is 0 Å². The van der Waals surface area contributed by atoms with E-state index in [2.05, 4.69) is 40.7 Å². The van der Waals surface area contributed by atoms with Crippen molar-refractivity contribution in [2.45, 2.75) is 111 Å². The molecule has 4 aliphatic carbocycles. The van der Waals surface area contributed by atoms with Crippen LogP contribution in [0.15, 0.2) is 11.6 Å². The van der Waals surface area contributed by atoms with Gasteiger partial charge in [-0.15, -0.1) is 0 Å². The van der Waals surface area contributed by atoms with E-state index in [-0.39, 0.29) is 6.10 Å². The van der Waals surface area contributed by atoms with Gasteiger partial charge >= 0.3 is 0 Å². The van der Waals surface area contributed by atoms with E-state index in [0.717, 1.165) is 49.5 Å². The third kappa shape index (κ3) is 3.75. The number of aliphatic hydroxyl groups excluding tert-OH is 1. The molecule has 29 heavy (non-hydrogen) atoms. The van der Waals surface area contributed by atoms with Gasteiger partial charge in [0, 0.05) is 6.61 Å². The molecule has 0 spiro atoms. The largest absolute Gasteiger partial charge is 0.393 e. The maximum absolute atomic E-state index is 10.2. The van der Waals surface area contributed by atoms with E-state index in [4.69, 9.17) is 4.74 Å². The molecule has 166 valence electrons. The van der Waals surface area contributed by atoms with Crippen molar-refractivity contribution in [3.63, 3.8) is 0 Å². The first kappa shape index (κ1) is 21.9. The van der Waals surface area contributed by atoms with E-state index in [1.165, 1.54) is 44.9 Å². The Balaban J connectivity index is 1.43. The lowest BCUT2D eigenvalue weighted by Gasteiger charge is -2.58. The molecular formula is C27H46O2. The summed E-state index contributed by atoms with van der Waals surface area (Å²) in [6, 6.07) is 0. The fourth-order valence-corrected chi connectivity index (χ4v) is 8.37. The Kier molecular flexibility index (Phi) is 6.26. The second-order valence-electron chi connectivity index (χ2n) is 11.8. The molecule has 3 fully saturated rings. The van der Waals surface area contributed by atoms with Crippen LogP contribution in [0.1, 0.15) is 98.8 Å². The van der Waals surface area contributed by atoms with Gasteiger partial charge in [0.2, 0.25) is 0 Å². The Morgan fingerprint density at radius 1 is 1.10 bits per heavy atom. The average Bonchev–Trinajstić information content (AvgIpc) is 3.02. The van der Waals surface area contributed by atoms with Gasteiger partial charge in [-0.05, 0) is 105 Å². The molecule has 0 bridgehead atoms. The third-order valence-corrected chi connectivity index (χ3v) is 10.2. The Morgan fingerprint density at radius 3 is 2.62 bits per heavy atom. The molecular weight excluding hydrogens is 356 g/mol. The molecule has 2 nitrogen and oxygen atoms in total. The van der Waals surface area contributed by atoms with E-state index < -0.39 is 0 Å². The van der Waals surface area contributed by atoms with E-state index in [1.807, 2.05) is 0 Å². The van der Waals surface area contributed by atoms with Crippen LogP contribution in [-0.4, -0.2) is 23.9 Å². The number of hydrogen-bond donors (Lipinski definition) is 1. The normalized spacial score (nSPS) is 45.3. The molecule has 0 aromatic carbocycles. The highest BCUT2D eigenvalue weighted by Gasteiger charge is 2.58. The van der Waals surface area contributed by atoms with Crippen molar-refractivity contribution in [3.8, 4) is 0 Å². The van der Waals surface area contributed by atoms with Crippen LogP contribution in [0.25, 0.3) is 0 Å². The topological polar surface area (TPSA) is 29.5 Å². The van der Waals surface area contributed by atoms with Crippen LogP contribution in [0.4, 0.5) is 0 Å². The van der Waals surface area contributed by atoms with Gasteiger partial charge in [0.25, 0.3) is 0 Å². The van der Waals surface area contributed by atoms with E-state index in [0.29, 0.717) is 22.9 Å². The van der Waals surface area contributed by atoms with Crippen molar-refractivity contribution < 1.29 is 9.84 Å². The van der Waals surface area contributed by atoms with Crippen molar-refractivity contribution in [2.24, 2.45) is 40.4 Å². The van der Waals surface area contributed by atoms with Crippen molar-refractivity contribution in [1.29, 1.82) is 0 Å². The minimum Gasteiger partial charge on any atom is -0.393 e. The number of rotatable bonds is 6. The second-order valence-corrected chi connectivity index (χ2v) is 11.8. The van der Waals surface area contributed by atoms with Crippen molar-refractivity contribution in [1.82, 2.24) is 0 Å². The molecule has 0 heterocycles. The molecule has 1 unspecified atom stereocenters. The monoisotopic (exact) mass is 402 g/mol. The summed E-state index contributed by atoms with van der Waals surface area (Å²) < 4.78 is 6.31. The van der Waals surface area contributed by atoms with Crippen molar-refractivity contribution in [3.05, 3.63) is 11.6 Å². The Hall–Kier alpha value is -0.340. The first-order chi connectivity index (χ1) is 13.8. The molecule has 0 aromatic rings. The summed E-state index contributed by atoms with van der Waals surface area (Å²) in [4.78, 5) is 0. The van der Waals surface area contributed by atoms with Crippen LogP contribution in [0.3, 0.4) is 0 Å². The van der Waals surface area contributed by atoms with Gasteiger partial charge in [-0.1, -0.05) is 46.3 Å². The summed E-state index contributed by atoms with van der Waals surface area (Å²) in [5.41, 5.74) is 2.50. The van der Waals surface area contributed by atoms with Gasteiger partial charge in [-0.25, -0.2) is 0 Å². The number of ether oxygens (including phenoxy) is 1. The van der Waals surface area contributed by atoms with Crippen molar-refractivity contribution >= 4 is 0 Å². The predicted molar refractivity (Wildman–Crippen MR) is 121 cm³/mol. The maximum Gasteiger partial charge on any atom is 0.0595 e. The fraction of sp³-hybridized carbons (Fsp3) is 0.926. The van der Waals surface area contributed by atoms with Crippen LogP contribution in [0.2, 0.25) is 0 Å². The number of hydrogen-bond acceptors (Lipinski definition) is 2. The van der Waals surface area contributed by atoms with E-state index in [1.54, 1.807) is 5.57 Å². The molecule has 3 saturated carbocycles. The third-order valence-electron chi connectivity index (χ3n) is 10.2. The zero-order chi connectivity index (χ0) is 20.8. The minimum absolute atomic E-state index is 0.0895. The highest BCUT2D eigenvalue weighted by atomic mass is 16.5. The zero-order valence-electron chi connectivity index (χ0n) is 19.8. The van der Waals surface area contributed by atoms with Gasteiger partial charge in [0.1, 0.15) is 0 Å². The van der Waals surface area contributed by atoms with Gasteiger partial charge in [0.15, 0.2) is 0 Å². The summed E-state index contributed by atoms with van der Waals surface area (Å²) in [5, 5.41) is 10.2. The first-order valence-electron chi connectivity index (χ1n) is 12.8. The summed E-state index contributed by atoms with van der Waals surface area (Å²) in [6.45, 7) is 13.0. The molecule has 0 aromatic heterocycles. The minimum atomic E-state index is -0.0895. The predicted octanol–water partition coefficient (Wildman–Crippen LogP) is 6.77.